The molecule has 8 aromatic rings. The lowest BCUT2D eigenvalue weighted by molar-refractivity contribution is 1.24. The molecule has 0 bridgehead atoms. The Kier molecular flexibility index (Phi) is 10.2. The quantitative estimate of drug-likeness (QED) is 0.135. The highest BCUT2D eigenvalue weighted by atomic mass is 15.1. The van der Waals surface area contributed by atoms with Crippen molar-refractivity contribution in [2.45, 2.75) is 0 Å². The van der Waals surface area contributed by atoms with Gasteiger partial charge in [-0.15, -0.1) is 0 Å². The van der Waals surface area contributed by atoms with Crippen LogP contribution in [0.25, 0.3) is 35.7 Å². The van der Waals surface area contributed by atoms with Gasteiger partial charge in [0, 0.05) is 46.5 Å². The molecule has 54 heavy (non-hydrogen) atoms. The number of hydrogen-bond donors (Lipinski definition) is 0. The van der Waals surface area contributed by atoms with Crippen molar-refractivity contribution in [2.24, 2.45) is 0 Å². The van der Waals surface area contributed by atoms with E-state index in [1.165, 1.54) is 0 Å². The van der Waals surface area contributed by atoms with Gasteiger partial charge < -0.3 is 9.80 Å². The molecule has 0 aliphatic rings. The second kappa shape index (κ2) is 16.4. The topological polar surface area (TPSA) is 32.3 Å². The molecular formula is C50H38N4. The molecule has 0 saturated heterocycles. The summed E-state index contributed by atoms with van der Waals surface area (Å²) in [5, 5.41) is 0. The summed E-state index contributed by atoms with van der Waals surface area (Å²) in [7, 11) is 0. The Morgan fingerprint density at radius 1 is 0.259 bits per heavy atom. The Balaban J connectivity index is 0.904. The van der Waals surface area contributed by atoms with Gasteiger partial charge in [0.05, 0.1) is 11.4 Å². The van der Waals surface area contributed by atoms with Crippen LogP contribution in [0.3, 0.4) is 0 Å². The first-order chi connectivity index (χ1) is 26.8. The van der Waals surface area contributed by atoms with Gasteiger partial charge in [-0.05, 0) is 107 Å². The molecule has 4 nitrogen and oxygen atoms in total. The van der Waals surface area contributed by atoms with Crippen LogP contribution in [0.5, 0.6) is 0 Å². The number of para-hydroxylation sites is 4. The zero-order chi connectivity index (χ0) is 36.4. The van der Waals surface area contributed by atoms with Crippen molar-refractivity contribution in [1.29, 1.82) is 0 Å². The molecular weight excluding hydrogens is 657 g/mol. The molecule has 258 valence electrons. The van der Waals surface area contributed by atoms with Gasteiger partial charge in [0.2, 0.25) is 0 Å². The molecule has 6 aromatic carbocycles. The molecule has 0 saturated carbocycles. The third kappa shape index (κ3) is 8.09. The number of pyridine rings is 2. The van der Waals surface area contributed by atoms with Crippen LogP contribution >= 0.6 is 0 Å². The molecule has 4 heteroatoms. The van der Waals surface area contributed by atoms with Crippen LogP contribution in [-0.2, 0) is 0 Å². The summed E-state index contributed by atoms with van der Waals surface area (Å²) in [5.74, 6) is 0. The monoisotopic (exact) mass is 694 g/mol. The molecule has 0 aliphatic carbocycles. The predicted octanol–water partition coefficient (Wildman–Crippen LogP) is 13.4. The minimum atomic E-state index is 0.839. The van der Waals surface area contributed by atoms with E-state index in [0.29, 0.717) is 0 Å². The molecule has 0 aliphatic heterocycles. The van der Waals surface area contributed by atoms with Gasteiger partial charge in [0.15, 0.2) is 0 Å². The van der Waals surface area contributed by atoms with Gasteiger partial charge in [-0.3, -0.25) is 9.97 Å². The molecule has 0 amide bonds. The van der Waals surface area contributed by atoms with E-state index in [2.05, 4.69) is 192 Å². The summed E-state index contributed by atoms with van der Waals surface area (Å²) in [6.45, 7) is 0. The van der Waals surface area contributed by atoms with Crippen LogP contribution in [0.15, 0.2) is 207 Å². The van der Waals surface area contributed by atoms with Crippen LogP contribution in [-0.4, -0.2) is 9.97 Å². The van der Waals surface area contributed by atoms with Gasteiger partial charge in [-0.1, -0.05) is 133 Å². The lowest BCUT2D eigenvalue weighted by atomic mass is 10.1. The SMILES string of the molecule is C(=C\c1ccc(-c2ccc(/C=C/c3ccc(N(c4ccccc4)c4ccccc4)cc3)cn2)nc1)/c1ccc(N(c2ccccc2)c2ccccc2)cc1. The van der Waals surface area contributed by atoms with E-state index >= 15 is 0 Å². The first kappa shape index (κ1) is 33.8. The third-order valence-electron chi connectivity index (χ3n) is 9.13. The van der Waals surface area contributed by atoms with Crippen molar-refractivity contribution in [3.05, 3.63) is 229 Å². The van der Waals surface area contributed by atoms with Crippen LogP contribution < -0.4 is 9.80 Å². The van der Waals surface area contributed by atoms with Crippen molar-refractivity contribution >= 4 is 58.4 Å². The largest absolute Gasteiger partial charge is 0.311 e. The summed E-state index contributed by atoms with van der Waals surface area (Å²) in [6, 6.07) is 67.2. The first-order valence-corrected chi connectivity index (χ1v) is 18.1. The van der Waals surface area contributed by atoms with Crippen LogP contribution in [0.4, 0.5) is 34.1 Å². The van der Waals surface area contributed by atoms with E-state index in [9.17, 15) is 0 Å². The Morgan fingerprint density at radius 3 is 0.796 bits per heavy atom. The fourth-order valence-corrected chi connectivity index (χ4v) is 6.37. The second-order valence-corrected chi connectivity index (χ2v) is 12.8. The minimum Gasteiger partial charge on any atom is -0.311 e. The molecule has 0 atom stereocenters. The highest BCUT2D eigenvalue weighted by molar-refractivity contribution is 5.80. The summed E-state index contributed by atoms with van der Waals surface area (Å²) < 4.78 is 0. The van der Waals surface area contributed by atoms with E-state index < -0.39 is 0 Å². The minimum absolute atomic E-state index is 0.839. The lowest BCUT2D eigenvalue weighted by Crippen LogP contribution is -2.09. The molecule has 0 radical (unpaired) electrons. The Labute approximate surface area is 317 Å². The second-order valence-electron chi connectivity index (χ2n) is 12.8. The van der Waals surface area contributed by atoms with E-state index in [1.807, 2.05) is 48.8 Å². The standard InChI is InChI=1S/C50H38N4/c1-5-13-43(14-6-1)53(44-15-7-2-8-16-44)47-31-25-39(26-32-47)21-23-41-29-35-49(51-37-41)50-36-30-42(38-52-50)24-22-40-27-33-48(34-28-40)54(45-17-9-3-10-18-45)46-19-11-4-12-20-46/h1-38H/b23-21+,24-22+. The van der Waals surface area contributed by atoms with Gasteiger partial charge >= 0.3 is 0 Å². The third-order valence-corrected chi connectivity index (χ3v) is 9.13. The fraction of sp³-hybridized carbons (Fsp3) is 0. The maximum absolute atomic E-state index is 4.71. The maximum Gasteiger partial charge on any atom is 0.0886 e. The van der Waals surface area contributed by atoms with Crippen molar-refractivity contribution in [3.8, 4) is 11.4 Å². The summed E-state index contributed by atoms with van der Waals surface area (Å²) in [4.78, 5) is 13.9. The average Bonchev–Trinajstić information content (AvgIpc) is 3.25. The van der Waals surface area contributed by atoms with Gasteiger partial charge in [0.25, 0.3) is 0 Å². The fourth-order valence-electron chi connectivity index (χ4n) is 6.37. The van der Waals surface area contributed by atoms with Gasteiger partial charge in [-0.25, -0.2) is 0 Å². The highest BCUT2D eigenvalue weighted by Gasteiger charge is 2.12. The Bertz CT molecular complexity index is 2170. The Hall–Kier alpha value is -7.30. The lowest BCUT2D eigenvalue weighted by Gasteiger charge is -2.25. The van der Waals surface area contributed by atoms with Gasteiger partial charge in [-0.2, -0.15) is 0 Å². The summed E-state index contributed by atoms with van der Waals surface area (Å²) >= 11 is 0. The molecule has 2 heterocycles. The average molecular weight is 695 g/mol. The molecule has 0 unspecified atom stereocenters. The molecule has 0 N–H and O–H groups in total. The number of nitrogens with zero attached hydrogens (tertiary/aromatic N) is 4. The van der Waals surface area contributed by atoms with Gasteiger partial charge in [0.1, 0.15) is 0 Å². The zero-order valence-electron chi connectivity index (χ0n) is 29.7. The van der Waals surface area contributed by atoms with Crippen molar-refractivity contribution in [1.82, 2.24) is 9.97 Å². The zero-order valence-corrected chi connectivity index (χ0v) is 29.7. The Morgan fingerprint density at radius 2 is 0.519 bits per heavy atom. The van der Waals surface area contributed by atoms with Crippen molar-refractivity contribution in [2.75, 3.05) is 9.80 Å². The predicted molar refractivity (Wildman–Crippen MR) is 228 cm³/mol. The highest BCUT2D eigenvalue weighted by Crippen LogP contribution is 2.35. The van der Waals surface area contributed by atoms with E-state index in [-0.39, 0.29) is 0 Å². The summed E-state index contributed by atoms with van der Waals surface area (Å²) in [6.07, 6.45) is 12.2. The molecule has 2 aromatic heterocycles. The van der Waals surface area contributed by atoms with E-state index in [4.69, 9.17) is 9.97 Å². The van der Waals surface area contributed by atoms with Crippen molar-refractivity contribution < 1.29 is 0 Å². The molecule has 8 rings (SSSR count). The van der Waals surface area contributed by atoms with Crippen molar-refractivity contribution in [3.63, 3.8) is 0 Å². The summed E-state index contributed by atoms with van der Waals surface area (Å²) in [5.41, 5.74) is 12.7. The number of aromatic nitrogens is 2. The number of hydrogen-bond acceptors (Lipinski definition) is 4. The number of anilines is 6. The van der Waals surface area contributed by atoms with Crippen LogP contribution in [0.2, 0.25) is 0 Å². The normalized spacial score (nSPS) is 11.2. The van der Waals surface area contributed by atoms with E-state index in [1.54, 1.807) is 0 Å². The maximum atomic E-state index is 4.71. The van der Waals surface area contributed by atoms with E-state index in [0.717, 1.165) is 67.8 Å². The smallest absolute Gasteiger partial charge is 0.0886 e. The van der Waals surface area contributed by atoms with Crippen LogP contribution in [0.1, 0.15) is 22.3 Å². The first-order valence-electron chi connectivity index (χ1n) is 18.1. The number of benzene rings is 6. The van der Waals surface area contributed by atoms with Crippen LogP contribution in [0, 0.1) is 0 Å². The molecule has 0 fully saturated rings. The number of rotatable bonds is 11. The molecule has 0 spiro atoms.